The monoisotopic (exact) mass is 320 g/mol. The van der Waals surface area contributed by atoms with E-state index in [0.29, 0.717) is 13.2 Å². The maximum atomic E-state index is 5.95. The number of rotatable bonds is 10. The molecule has 124 valence electrons. The Bertz CT molecular complexity index is 691. The van der Waals surface area contributed by atoms with Crippen molar-refractivity contribution in [2.24, 2.45) is 0 Å². The third-order valence-electron chi connectivity index (χ3n) is 3.68. The van der Waals surface area contributed by atoms with E-state index >= 15 is 0 Å². The van der Waals surface area contributed by atoms with Crippen molar-refractivity contribution in [1.82, 2.24) is 0 Å². The molecule has 0 saturated heterocycles. The Labute approximate surface area is 144 Å². The van der Waals surface area contributed by atoms with Gasteiger partial charge >= 0.3 is 0 Å². The zero-order valence-electron chi connectivity index (χ0n) is 14.1. The second kappa shape index (κ2) is 8.78. The Morgan fingerprint density at radius 2 is 1.04 bits per heavy atom. The fourth-order valence-corrected chi connectivity index (χ4v) is 2.70. The third-order valence-corrected chi connectivity index (χ3v) is 3.68. The Balaban J connectivity index is 2.67. The molecule has 0 saturated carbocycles. The van der Waals surface area contributed by atoms with Crippen molar-refractivity contribution < 1.29 is 9.47 Å². The van der Waals surface area contributed by atoms with Gasteiger partial charge in [-0.3, -0.25) is 0 Å². The van der Waals surface area contributed by atoms with Gasteiger partial charge in [0.05, 0.1) is 0 Å². The van der Waals surface area contributed by atoms with Gasteiger partial charge < -0.3 is 9.47 Å². The molecule has 0 amide bonds. The summed E-state index contributed by atoms with van der Waals surface area (Å²) in [5.41, 5.74) is 2.20. The largest absolute Gasteiger partial charge is 0.489 e. The predicted molar refractivity (Wildman–Crippen MR) is 103 cm³/mol. The van der Waals surface area contributed by atoms with E-state index < -0.39 is 0 Å². The molecule has 0 radical (unpaired) electrons. The van der Waals surface area contributed by atoms with Crippen molar-refractivity contribution in [1.29, 1.82) is 0 Å². The number of ether oxygens (including phenoxy) is 2. The molecule has 2 aromatic carbocycles. The molecule has 0 N–H and O–H groups in total. The van der Waals surface area contributed by atoms with E-state index in [1.807, 2.05) is 12.2 Å². The summed E-state index contributed by atoms with van der Waals surface area (Å²) >= 11 is 0. The van der Waals surface area contributed by atoms with Crippen LogP contribution in [0.4, 0.5) is 0 Å². The second-order valence-electron chi connectivity index (χ2n) is 5.39. The molecule has 0 aliphatic heterocycles. The number of hydrogen-bond acceptors (Lipinski definition) is 2. The Morgan fingerprint density at radius 1 is 0.625 bits per heavy atom. The first-order chi connectivity index (χ1) is 11.8. The van der Waals surface area contributed by atoms with Crippen LogP contribution in [0.1, 0.15) is 11.1 Å². The molecule has 2 heteroatoms. The maximum absolute atomic E-state index is 5.95. The van der Waals surface area contributed by atoms with Gasteiger partial charge in [0.25, 0.3) is 0 Å². The zero-order chi connectivity index (χ0) is 17.4. The Hall–Kier alpha value is -2.74. The van der Waals surface area contributed by atoms with E-state index in [9.17, 15) is 0 Å². The lowest BCUT2D eigenvalue weighted by atomic mass is 9.98. The van der Waals surface area contributed by atoms with Gasteiger partial charge in [0.2, 0.25) is 0 Å². The standard InChI is InChI=1S/C22H24O2/c1-5-9-17-11-13-20-19(21(17)23-15-7-3)14-12-18(10-6-2)22(20)24-16-8-4/h5-8,11-14H,1-4,9-10,15-16H2. The molecule has 0 unspecified atom stereocenters. The van der Waals surface area contributed by atoms with Crippen LogP contribution in [-0.2, 0) is 12.8 Å². The predicted octanol–water partition coefficient (Wildman–Crippen LogP) is 5.43. The van der Waals surface area contributed by atoms with Crippen molar-refractivity contribution in [3.63, 3.8) is 0 Å². The summed E-state index contributed by atoms with van der Waals surface area (Å²) in [6.45, 7) is 16.1. The normalized spacial score (nSPS) is 10.2. The molecule has 0 bridgehead atoms. The molecule has 24 heavy (non-hydrogen) atoms. The molecule has 0 atom stereocenters. The lowest BCUT2D eigenvalue weighted by Crippen LogP contribution is -2.02. The average molecular weight is 320 g/mol. The van der Waals surface area contributed by atoms with Gasteiger partial charge in [-0.15, -0.1) is 13.2 Å². The summed E-state index contributed by atoms with van der Waals surface area (Å²) in [7, 11) is 0. The van der Waals surface area contributed by atoms with Crippen LogP contribution in [0.2, 0.25) is 0 Å². The molecular weight excluding hydrogens is 296 g/mol. The van der Waals surface area contributed by atoms with Gasteiger partial charge in [-0.2, -0.15) is 0 Å². The summed E-state index contributed by atoms with van der Waals surface area (Å²) in [5, 5.41) is 2.06. The first-order valence-electron chi connectivity index (χ1n) is 8.03. The lowest BCUT2D eigenvalue weighted by molar-refractivity contribution is 0.360. The maximum Gasteiger partial charge on any atom is 0.131 e. The summed E-state index contributed by atoms with van der Waals surface area (Å²) < 4.78 is 11.9. The molecule has 0 aromatic heterocycles. The van der Waals surface area contributed by atoms with Crippen LogP contribution in [0, 0.1) is 0 Å². The molecule has 2 rings (SSSR count). The van der Waals surface area contributed by atoms with Crippen molar-refractivity contribution in [2.45, 2.75) is 12.8 Å². The number of fused-ring (bicyclic) bond motifs is 1. The van der Waals surface area contributed by atoms with Gasteiger partial charge in [0.1, 0.15) is 24.7 Å². The molecular formula is C22H24O2. The fourth-order valence-electron chi connectivity index (χ4n) is 2.70. The minimum absolute atomic E-state index is 0.459. The highest BCUT2D eigenvalue weighted by Gasteiger charge is 2.14. The highest BCUT2D eigenvalue weighted by Crippen LogP contribution is 2.38. The van der Waals surface area contributed by atoms with E-state index in [0.717, 1.165) is 46.2 Å². The zero-order valence-corrected chi connectivity index (χ0v) is 14.1. The minimum atomic E-state index is 0.459. The van der Waals surface area contributed by atoms with Crippen molar-refractivity contribution >= 4 is 10.8 Å². The minimum Gasteiger partial charge on any atom is -0.489 e. The van der Waals surface area contributed by atoms with E-state index in [4.69, 9.17) is 9.47 Å². The fraction of sp³-hybridized carbons (Fsp3) is 0.182. The molecule has 0 aliphatic rings. The lowest BCUT2D eigenvalue weighted by Gasteiger charge is -2.17. The summed E-state index contributed by atoms with van der Waals surface area (Å²) in [6.07, 6.45) is 8.75. The van der Waals surface area contributed by atoms with Crippen molar-refractivity contribution in [3.8, 4) is 11.5 Å². The smallest absolute Gasteiger partial charge is 0.131 e. The second-order valence-corrected chi connectivity index (χ2v) is 5.39. The van der Waals surface area contributed by atoms with Crippen molar-refractivity contribution in [2.75, 3.05) is 13.2 Å². The van der Waals surface area contributed by atoms with Crippen molar-refractivity contribution in [3.05, 3.63) is 86.0 Å². The van der Waals surface area contributed by atoms with Crippen LogP contribution in [0.25, 0.3) is 10.8 Å². The van der Waals surface area contributed by atoms with E-state index in [2.05, 4.69) is 50.6 Å². The number of hydrogen-bond donors (Lipinski definition) is 0. The average Bonchev–Trinajstić information content (AvgIpc) is 2.60. The topological polar surface area (TPSA) is 18.5 Å². The summed E-state index contributed by atoms with van der Waals surface area (Å²) in [4.78, 5) is 0. The van der Waals surface area contributed by atoms with Crippen LogP contribution in [0.5, 0.6) is 11.5 Å². The molecule has 0 fully saturated rings. The van der Waals surface area contributed by atoms with Crippen LogP contribution < -0.4 is 9.47 Å². The highest BCUT2D eigenvalue weighted by molar-refractivity contribution is 5.95. The molecule has 0 spiro atoms. The van der Waals surface area contributed by atoms with Gasteiger partial charge in [0, 0.05) is 10.8 Å². The Morgan fingerprint density at radius 3 is 1.38 bits per heavy atom. The molecule has 0 aliphatic carbocycles. The van der Waals surface area contributed by atoms with Gasteiger partial charge in [-0.25, -0.2) is 0 Å². The Kier molecular flexibility index (Phi) is 6.44. The third kappa shape index (κ3) is 3.77. The van der Waals surface area contributed by atoms with Crippen LogP contribution in [0.15, 0.2) is 74.9 Å². The van der Waals surface area contributed by atoms with Gasteiger partial charge in [-0.1, -0.05) is 61.7 Å². The molecule has 0 heterocycles. The number of allylic oxidation sites excluding steroid dienone is 2. The highest BCUT2D eigenvalue weighted by atomic mass is 16.5. The molecule has 2 nitrogen and oxygen atoms in total. The first kappa shape index (κ1) is 17.6. The van der Waals surface area contributed by atoms with Gasteiger partial charge in [0.15, 0.2) is 0 Å². The van der Waals surface area contributed by atoms with Crippen LogP contribution in [0.3, 0.4) is 0 Å². The van der Waals surface area contributed by atoms with E-state index in [1.165, 1.54) is 0 Å². The number of benzene rings is 2. The SMILES string of the molecule is C=CCOc1c(CC=C)ccc2c(OCC=C)c(CC=C)ccc12. The quantitative estimate of drug-likeness (QED) is 0.544. The molecule has 2 aromatic rings. The van der Waals surface area contributed by atoms with E-state index in [-0.39, 0.29) is 0 Å². The van der Waals surface area contributed by atoms with Gasteiger partial charge in [-0.05, 0) is 24.0 Å². The first-order valence-corrected chi connectivity index (χ1v) is 8.03. The summed E-state index contributed by atoms with van der Waals surface area (Å²) in [5.74, 6) is 1.72. The summed E-state index contributed by atoms with van der Waals surface area (Å²) in [6, 6.07) is 8.31. The van der Waals surface area contributed by atoms with E-state index in [1.54, 1.807) is 12.2 Å². The van der Waals surface area contributed by atoms with Crippen LogP contribution >= 0.6 is 0 Å². The van der Waals surface area contributed by atoms with Crippen LogP contribution in [-0.4, -0.2) is 13.2 Å².